The third-order valence-corrected chi connectivity index (χ3v) is 6.18. The fourth-order valence-corrected chi connectivity index (χ4v) is 4.12. The molecule has 0 aromatic heterocycles. The van der Waals surface area contributed by atoms with Gasteiger partial charge in [0.2, 0.25) is 0 Å². The molecule has 2 aromatic rings. The maximum atomic E-state index is 12.0. The van der Waals surface area contributed by atoms with E-state index in [9.17, 15) is 4.79 Å². The predicted molar refractivity (Wildman–Crippen MR) is 145 cm³/mol. The Bertz CT molecular complexity index is 653. The van der Waals surface area contributed by atoms with Gasteiger partial charge in [-0.3, -0.25) is 4.79 Å². The third kappa shape index (κ3) is 12.2. The van der Waals surface area contributed by atoms with E-state index in [0.29, 0.717) is 14.6 Å². The van der Waals surface area contributed by atoms with Crippen molar-refractivity contribution in [2.45, 2.75) is 69.6 Å². The summed E-state index contributed by atoms with van der Waals surface area (Å²) in [5.41, 5.74) is 2.08. The van der Waals surface area contributed by atoms with E-state index in [1.807, 2.05) is 69.5 Å². The summed E-state index contributed by atoms with van der Waals surface area (Å²) in [6, 6.07) is 18.7. The number of rotatable bonds is 11. The molecule has 0 aliphatic carbocycles. The first-order valence-electron chi connectivity index (χ1n) is 11.5. The molecule has 0 aliphatic heterocycles. The summed E-state index contributed by atoms with van der Waals surface area (Å²) in [5, 5.41) is 0. The van der Waals surface area contributed by atoms with Crippen LogP contribution < -0.4 is 0 Å². The van der Waals surface area contributed by atoms with Crippen molar-refractivity contribution in [1.82, 2.24) is 0 Å². The number of hydrogen-bond acceptors (Lipinski definition) is 2. The van der Waals surface area contributed by atoms with E-state index in [1.165, 1.54) is 38.5 Å². The molecule has 0 unspecified atom stereocenters. The maximum Gasteiger partial charge on any atom is 0.193 e. The average Bonchev–Trinajstić information content (AvgIpc) is 2.83. The fraction of sp³-hybridized carbons (Fsp3) is 0.464. The van der Waals surface area contributed by atoms with Gasteiger partial charge in [-0.2, -0.15) is 0 Å². The maximum absolute atomic E-state index is 12.0. The number of alkyl halides is 1. The summed E-state index contributed by atoms with van der Waals surface area (Å²) in [7, 11) is 1.81. The number of Topliss-reactive ketones (excluding diaryl/α,β-unsaturated/α-hetero) is 1. The topological polar surface area (TPSA) is 26.3 Å². The van der Waals surface area contributed by atoms with E-state index in [0.717, 1.165) is 12.2 Å². The number of methoxy groups -OCH3 is 1. The fourth-order valence-electron chi connectivity index (χ4n) is 3.05. The van der Waals surface area contributed by atoms with Crippen LogP contribution in [0.3, 0.4) is 0 Å². The van der Waals surface area contributed by atoms with Crippen LogP contribution in [0.15, 0.2) is 67.2 Å². The van der Waals surface area contributed by atoms with E-state index in [1.54, 1.807) is 12.1 Å². The molecule has 31 heavy (non-hydrogen) atoms. The molecule has 0 heterocycles. The lowest BCUT2D eigenvalue weighted by Crippen LogP contribution is -2.26. The normalized spacial score (nSPS) is 10.3. The summed E-state index contributed by atoms with van der Waals surface area (Å²) >= 11 is 2.60. The number of carbonyl (C=O) groups is 1. The van der Waals surface area contributed by atoms with Crippen molar-refractivity contribution in [3.8, 4) is 0 Å². The van der Waals surface area contributed by atoms with Crippen LogP contribution in [0.25, 0.3) is 5.57 Å². The van der Waals surface area contributed by atoms with E-state index in [2.05, 4.69) is 43.0 Å². The molecule has 2 aromatic carbocycles. The number of unbranched alkanes of at least 4 members (excludes halogenated alkanes) is 2. The molecular formula is C28H41IO2. The Balaban J connectivity index is 0.000000550. The van der Waals surface area contributed by atoms with E-state index in [4.69, 9.17) is 4.74 Å². The van der Waals surface area contributed by atoms with Crippen LogP contribution in [0.1, 0.15) is 82.1 Å². The molecule has 3 heteroatoms. The van der Waals surface area contributed by atoms with Crippen molar-refractivity contribution in [3.05, 3.63) is 78.4 Å². The van der Waals surface area contributed by atoms with Gasteiger partial charge in [0.05, 0.1) is 6.61 Å². The highest BCUT2D eigenvalue weighted by atomic mass is 127. The molecule has 0 bridgehead atoms. The summed E-state index contributed by atoms with van der Waals surface area (Å²) < 4.78 is 5.69. The van der Waals surface area contributed by atoms with Crippen molar-refractivity contribution >= 4 is 33.9 Å². The van der Waals surface area contributed by atoms with Gasteiger partial charge in [-0.25, -0.2) is 0 Å². The highest BCUT2D eigenvalue weighted by molar-refractivity contribution is 14.1. The number of ketones is 1. The molecule has 0 amide bonds. The number of carbonyl (C=O) groups excluding carboxylic acids is 1. The molecule has 0 saturated heterocycles. The molecule has 2 nitrogen and oxygen atoms in total. The minimum Gasteiger partial charge on any atom is -0.383 e. The zero-order chi connectivity index (χ0) is 23.5. The first kappa shape index (κ1) is 29.5. The van der Waals surface area contributed by atoms with Gasteiger partial charge in [0.15, 0.2) is 5.78 Å². The van der Waals surface area contributed by atoms with Gasteiger partial charge in [-0.15, -0.1) is 0 Å². The van der Waals surface area contributed by atoms with Gasteiger partial charge < -0.3 is 4.74 Å². The monoisotopic (exact) mass is 536 g/mol. The first-order chi connectivity index (χ1) is 15.0. The Labute approximate surface area is 204 Å². The quantitative estimate of drug-likeness (QED) is 0.124. The lowest BCUT2D eigenvalue weighted by Gasteiger charge is -2.26. The lowest BCUT2D eigenvalue weighted by atomic mass is 9.97. The number of hydrogen-bond donors (Lipinski definition) is 0. The van der Waals surface area contributed by atoms with Crippen molar-refractivity contribution in [1.29, 1.82) is 0 Å². The third-order valence-electron chi connectivity index (χ3n) is 4.79. The van der Waals surface area contributed by atoms with E-state index in [-0.39, 0.29) is 5.78 Å². The zero-order valence-corrected chi connectivity index (χ0v) is 22.3. The zero-order valence-electron chi connectivity index (χ0n) is 20.1. The minimum atomic E-state index is -0.0215. The number of ether oxygens (including phenoxy) is 1. The van der Waals surface area contributed by atoms with Crippen LogP contribution in [-0.2, 0) is 4.74 Å². The van der Waals surface area contributed by atoms with Crippen LogP contribution >= 0.6 is 22.6 Å². The van der Waals surface area contributed by atoms with Gasteiger partial charge in [0, 0.05) is 21.7 Å². The Hall–Kier alpha value is -1.46. The standard InChI is InChI=1S/C15H12O.C11H23IO.C2H6/c1-12(13-8-4-2-5-9-13)15(16)14-10-6-3-7-11-14;1-4-6-8-11(12,10-13-3)9-7-5-2;1-2/h2-11H,1H2;4-10H2,1-3H3;1-2H3. The molecule has 0 radical (unpaired) electrons. The van der Waals surface area contributed by atoms with Crippen molar-refractivity contribution in [3.63, 3.8) is 0 Å². The SMILES string of the molecule is C=C(C(=O)c1ccccc1)c1ccccc1.CC.CCCCC(I)(CCCC)COC. The average molecular weight is 537 g/mol. The van der Waals surface area contributed by atoms with Crippen LogP contribution in [-0.4, -0.2) is 22.9 Å². The van der Waals surface area contributed by atoms with Crippen LogP contribution in [0.5, 0.6) is 0 Å². The molecule has 0 fully saturated rings. The molecule has 172 valence electrons. The smallest absolute Gasteiger partial charge is 0.193 e. The van der Waals surface area contributed by atoms with Crippen molar-refractivity contribution < 1.29 is 9.53 Å². The summed E-state index contributed by atoms with van der Waals surface area (Å²) in [6.07, 6.45) is 7.85. The van der Waals surface area contributed by atoms with Gasteiger partial charge in [-0.1, -0.05) is 143 Å². The lowest BCUT2D eigenvalue weighted by molar-refractivity contribution is 0.105. The predicted octanol–water partition coefficient (Wildman–Crippen LogP) is 8.80. The van der Waals surface area contributed by atoms with E-state index < -0.39 is 0 Å². The summed E-state index contributed by atoms with van der Waals surface area (Å²) in [5.74, 6) is -0.0215. The summed E-state index contributed by atoms with van der Waals surface area (Å²) in [4.78, 5) is 12.0. The van der Waals surface area contributed by atoms with Gasteiger partial charge in [0.1, 0.15) is 0 Å². The second-order valence-corrected chi connectivity index (χ2v) is 9.62. The molecule has 2 rings (SSSR count). The highest BCUT2D eigenvalue weighted by Crippen LogP contribution is 2.31. The largest absolute Gasteiger partial charge is 0.383 e. The second-order valence-electron chi connectivity index (χ2n) is 7.33. The van der Waals surface area contributed by atoms with Crippen molar-refractivity contribution in [2.24, 2.45) is 0 Å². The van der Waals surface area contributed by atoms with Crippen LogP contribution in [0, 0.1) is 0 Å². The van der Waals surface area contributed by atoms with Crippen LogP contribution in [0.4, 0.5) is 0 Å². The number of benzene rings is 2. The Morgan fingerprint density at radius 2 is 1.29 bits per heavy atom. The first-order valence-corrected chi connectivity index (χ1v) is 12.6. The van der Waals surface area contributed by atoms with Crippen molar-refractivity contribution in [2.75, 3.05) is 13.7 Å². The molecule has 0 saturated carbocycles. The molecule has 0 N–H and O–H groups in total. The molecule has 0 aliphatic rings. The van der Waals surface area contributed by atoms with Gasteiger partial charge in [-0.05, 0) is 18.4 Å². The van der Waals surface area contributed by atoms with E-state index >= 15 is 0 Å². The van der Waals surface area contributed by atoms with Crippen LogP contribution in [0.2, 0.25) is 0 Å². The molecule has 0 spiro atoms. The Morgan fingerprint density at radius 3 is 1.68 bits per heavy atom. The number of allylic oxidation sites excluding steroid dienone is 1. The Kier molecular flexibility index (Phi) is 17.3. The minimum absolute atomic E-state index is 0.0215. The van der Waals surface area contributed by atoms with Gasteiger partial charge >= 0.3 is 0 Å². The Morgan fingerprint density at radius 1 is 0.871 bits per heavy atom. The summed E-state index contributed by atoms with van der Waals surface area (Å²) in [6.45, 7) is 13.3. The molecule has 0 atom stereocenters. The highest BCUT2D eigenvalue weighted by Gasteiger charge is 2.24. The second kappa shape index (κ2) is 18.1. The molecular weight excluding hydrogens is 495 g/mol. The number of halogens is 1. The van der Waals surface area contributed by atoms with Gasteiger partial charge in [0.25, 0.3) is 0 Å².